The molecular weight excluding hydrogens is 242 g/mol. The number of aryl methyl sites for hydroxylation is 1. The lowest BCUT2D eigenvalue weighted by atomic mass is 10.0. The fraction of sp³-hybridized carbons (Fsp3) is 0.571. The van der Waals surface area contributed by atoms with Gasteiger partial charge < -0.3 is 5.73 Å². The van der Waals surface area contributed by atoms with E-state index in [1.54, 1.807) is 13.0 Å². The molecule has 1 saturated heterocycles. The number of nitro groups is 1. The summed E-state index contributed by atoms with van der Waals surface area (Å²) in [5.41, 5.74) is 7.70. The zero-order valence-corrected chi connectivity index (χ0v) is 11.5. The monoisotopic (exact) mass is 263 g/mol. The number of benzene rings is 1. The van der Waals surface area contributed by atoms with E-state index in [1.165, 1.54) is 0 Å². The standard InChI is InChI=1S/C14H21N3O2/c1-10-5-6-12(8-14(10)17(18)19)11(2)16-7-3-4-13(16)9-15/h5-6,8,11,13H,3-4,7,9,15H2,1-2H3. The Balaban J connectivity index is 2.26. The Bertz CT molecular complexity index is 476. The van der Waals surface area contributed by atoms with Crippen molar-refractivity contribution in [3.63, 3.8) is 0 Å². The second-order valence-corrected chi connectivity index (χ2v) is 5.25. The Hall–Kier alpha value is -1.46. The minimum atomic E-state index is -0.310. The van der Waals surface area contributed by atoms with Crippen LogP contribution < -0.4 is 5.73 Å². The first kappa shape index (κ1) is 14.0. The number of rotatable bonds is 4. The molecule has 0 saturated carbocycles. The molecule has 0 bridgehead atoms. The molecule has 1 aliphatic rings. The van der Waals surface area contributed by atoms with E-state index in [2.05, 4.69) is 11.8 Å². The Morgan fingerprint density at radius 3 is 2.95 bits per heavy atom. The molecule has 2 unspecified atom stereocenters. The summed E-state index contributed by atoms with van der Waals surface area (Å²) in [6.45, 7) is 5.54. The first-order valence-electron chi connectivity index (χ1n) is 6.75. The maximum Gasteiger partial charge on any atom is 0.272 e. The summed E-state index contributed by atoms with van der Waals surface area (Å²) in [5.74, 6) is 0. The lowest BCUT2D eigenvalue weighted by Gasteiger charge is -2.30. The maximum absolute atomic E-state index is 11.0. The molecule has 2 N–H and O–H groups in total. The molecule has 19 heavy (non-hydrogen) atoms. The van der Waals surface area contributed by atoms with E-state index in [0.29, 0.717) is 18.2 Å². The van der Waals surface area contributed by atoms with Crippen molar-refractivity contribution < 1.29 is 4.92 Å². The van der Waals surface area contributed by atoms with Crippen LogP contribution in [0.4, 0.5) is 5.69 Å². The van der Waals surface area contributed by atoms with E-state index in [0.717, 1.165) is 24.9 Å². The van der Waals surface area contributed by atoms with Crippen LogP contribution in [0.2, 0.25) is 0 Å². The van der Waals surface area contributed by atoms with Crippen LogP contribution in [0.3, 0.4) is 0 Å². The summed E-state index contributed by atoms with van der Waals surface area (Å²) in [5, 5.41) is 11.0. The summed E-state index contributed by atoms with van der Waals surface area (Å²) in [4.78, 5) is 13.1. The van der Waals surface area contributed by atoms with E-state index < -0.39 is 0 Å². The summed E-state index contributed by atoms with van der Waals surface area (Å²) < 4.78 is 0. The van der Waals surface area contributed by atoms with Crippen LogP contribution in [0.1, 0.15) is 36.9 Å². The smallest absolute Gasteiger partial charge is 0.272 e. The number of hydrogen-bond acceptors (Lipinski definition) is 4. The molecule has 0 radical (unpaired) electrons. The minimum absolute atomic E-state index is 0.176. The van der Waals surface area contributed by atoms with Gasteiger partial charge in [0.25, 0.3) is 5.69 Å². The highest BCUT2D eigenvalue weighted by molar-refractivity contribution is 5.43. The summed E-state index contributed by atoms with van der Waals surface area (Å²) in [7, 11) is 0. The topological polar surface area (TPSA) is 72.4 Å². The molecule has 104 valence electrons. The van der Waals surface area contributed by atoms with Crippen molar-refractivity contribution in [2.75, 3.05) is 13.1 Å². The number of nitro benzene ring substituents is 1. The molecule has 5 heteroatoms. The fourth-order valence-electron chi connectivity index (χ4n) is 2.90. The van der Waals surface area contributed by atoms with Crippen molar-refractivity contribution in [3.05, 3.63) is 39.4 Å². The lowest BCUT2D eigenvalue weighted by Crippen LogP contribution is -2.37. The van der Waals surface area contributed by atoms with Gasteiger partial charge in [0.1, 0.15) is 0 Å². The highest BCUT2D eigenvalue weighted by atomic mass is 16.6. The molecule has 1 aromatic rings. The lowest BCUT2D eigenvalue weighted by molar-refractivity contribution is -0.385. The first-order chi connectivity index (χ1) is 9.04. The molecule has 1 heterocycles. The highest BCUT2D eigenvalue weighted by Gasteiger charge is 2.28. The first-order valence-corrected chi connectivity index (χ1v) is 6.75. The summed E-state index contributed by atoms with van der Waals surface area (Å²) in [6, 6.07) is 6.09. The van der Waals surface area contributed by atoms with Crippen LogP contribution in [0.5, 0.6) is 0 Å². The number of hydrogen-bond donors (Lipinski definition) is 1. The predicted octanol–water partition coefficient (Wildman–Crippen LogP) is 2.39. The summed E-state index contributed by atoms with van der Waals surface area (Å²) >= 11 is 0. The Labute approximate surface area is 113 Å². The Morgan fingerprint density at radius 1 is 1.58 bits per heavy atom. The van der Waals surface area contributed by atoms with Crippen molar-refractivity contribution >= 4 is 5.69 Å². The van der Waals surface area contributed by atoms with Crippen molar-refractivity contribution in [2.45, 2.75) is 38.8 Å². The Morgan fingerprint density at radius 2 is 2.32 bits per heavy atom. The quantitative estimate of drug-likeness (QED) is 0.668. The van der Waals surface area contributed by atoms with E-state index in [1.807, 2.05) is 12.1 Å². The van der Waals surface area contributed by atoms with Crippen LogP contribution in [0.25, 0.3) is 0 Å². The van der Waals surface area contributed by atoms with Crippen molar-refractivity contribution in [1.29, 1.82) is 0 Å². The number of nitrogens with two attached hydrogens (primary N) is 1. The van der Waals surface area contributed by atoms with Gasteiger partial charge in [-0.15, -0.1) is 0 Å². The van der Waals surface area contributed by atoms with Crippen molar-refractivity contribution in [1.82, 2.24) is 4.90 Å². The van der Waals surface area contributed by atoms with Crippen LogP contribution in [-0.4, -0.2) is 29.0 Å². The molecule has 1 aromatic carbocycles. The maximum atomic E-state index is 11.0. The zero-order valence-electron chi connectivity index (χ0n) is 11.5. The van der Waals surface area contributed by atoms with Gasteiger partial charge in [-0.05, 0) is 38.8 Å². The van der Waals surface area contributed by atoms with Gasteiger partial charge in [-0.2, -0.15) is 0 Å². The molecule has 2 atom stereocenters. The van der Waals surface area contributed by atoms with Crippen molar-refractivity contribution in [2.24, 2.45) is 5.73 Å². The number of likely N-dealkylation sites (tertiary alicyclic amines) is 1. The van der Waals surface area contributed by atoms with Gasteiger partial charge in [-0.3, -0.25) is 15.0 Å². The van der Waals surface area contributed by atoms with Gasteiger partial charge in [-0.25, -0.2) is 0 Å². The van der Waals surface area contributed by atoms with E-state index in [-0.39, 0.29) is 16.7 Å². The zero-order chi connectivity index (χ0) is 14.0. The van der Waals surface area contributed by atoms with Gasteiger partial charge in [0.2, 0.25) is 0 Å². The number of nitrogens with zero attached hydrogens (tertiary/aromatic N) is 2. The summed E-state index contributed by atoms with van der Waals surface area (Å²) in [6.07, 6.45) is 2.27. The highest BCUT2D eigenvalue weighted by Crippen LogP contribution is 2.31. The molecule has 5 nitrogen and oxygen atoms in total. The predicted molar refractivity (Wildman–Crippen MR) is 75.0 cm³/mol. The molecular formula is C14H21N3O2. The van der Waals surface area contributed by atoms with Gasteiger partial charge in [0.15, 0.2) is 0 Å². The van der Waals surface area contributed by atoms with E-state index in [4.69, 9.17) is 5.73 Å². The van der Waals surface area contributed by atoms with Gasteiger partial charge in [0.05, 0.1) is 4.92 Å². The third-order valence-corrected chi connectivity index (χ3v) is 4.10. The van der Waals surface area contributed by atoms with Gasteiger partial charge in [-0.1, -0.05) is 12.1 Å². The van der Waals surface area contributed by atoms with Crippen LogP contribution in [-0.2, 0) is 0 Å². The second kappa shape index (κ2) is 5.67. The normalized spacial score (nSPS) is 21.5. The van der Waals surface area contributed by atoms with Crippen LogP contribution in [0, 0.1) is 17.0 Å². The fourth-order valence-corrected chi connectivity index (χ4v) is 2.90. The van der Waals surface area contributed by atoms with Gasteiger partial charge >= 0.3 is 0 Å². The molecule has 1 aliphatic heterocycles. The molecule has 0 aliphatic carbocycles. The second-order valence-electron chi connectivity index (χ2n) is 5.25. The molecule has 0 amide bonds. The average Bonchev–Trinajstić information content (AvgIpc) is 2.86. The molecule has 0 aromatic heterocycles. The Kier molecular flexibility index (Phi) is 4.17. The van der Waals surface area contributed by atoms with E-state index in [9.17, 15) is 10.1 Å². The van der Waals surface area contributed by atoms with Crippen LogP contribution in [0.15, 0.2) is 18.2 Å². The third kappa shape index (κ3) is 2.77. The molecule has 2 rings (SSSR count). The average molecular weight is 263 g/mol. The van der Waals surface area contributed by atoms with Gasteiger partial charge in [0, 0.05) is 30.3 Å². The largest absolute Gasteiger partial charge is 0.329 e. The molecule has 0 spiro atoms. The van der Waals surface area contributed by atoms with Crippen molar-refractivity contribution in [3.8, 4) is 0 Å². The van der Waals surface area contributed by atoms with Crippen LogP contribution >= 0.6 is 0 Å². The SMILES string of the molecule is Cc1ccc(C(C)N2CCCC2CN)cc1[N+](=O)[O-]. The third-order valence-electron chi connectivity index (χ3n) is 4.10. The minimum Gasteiger partial charge on any atom is -0.329 e. The van der Waals surface area contributed by atoms with E-state index >= 15 is 0 Å². The molecule has 1 fully saturated rings.